The molecule has 1 aliphatic rings. The van der Waals surface area contributed by atoms with Crippen molar-refractivity contribution in [1.29, 1.82) is 0 Å². The zero-order valence-electron chi connectivity index (χ0n) is 15.5. The van der Waals surface area contributed by atoms with Gasteiger partial charge in [0.2, 0.25) is 5.95 Å². The fourth-order valence-electron chi connectivity index (χ4n) is 3.72. The Bertz CT molecular complexity index is 1220. The third-order valence-corrected chi connectivity index (χ3v) is 5.21. The van der Waals surface area contributed by atoms with E-state index in [-0.39, 0.29) is 17.4 Å². The quantitative estimate of drug-likeness (QED) is 0.578. The SMILES string of the molecule is O=C(Nc1nc2n(n1)CC(c1ccc3ccccc3n1)CC2)c1cccc(F)c1. The Morgan fingerprint density at radius 1 is 1.07 bits per heavy atom. The molecule has 29 heavy (non-hydrogen) atoms. The predicted octanol–water partition coefficient (Wildman–Crippen LogP) is 3.95. The summed E-state index contributed by atoms with van der Waals surface area (Å²) in [5.41, 5.74) is 2.25. The molecule has 2 aromatic heterocycles. The monoisotopic (exact) mass is 387 g/mol. The highest BCUT2D eigenvalue weighted by atomic mass is 19.1. The van der Waals surface area contributed by atoms with Gasteiger partial charge in [-0.1, -0.05) is 30.3 Å². The Labute approximate surface area is 166 Å². The molecule has 0 saturated heterocycles. The van der Waals surface area contributed by atoms with Crippen LogP contribution < -0.4 is 5.32 Å². The molecule has 3 heterocycles. The van der Waals surface area contributed by atoms with Crippen LogP contribution in [0.15, 0.2) is 60.7 Å². The summed E-state index contributed by atoms with van der Waals surface area (Å²) in [7, 11) is 0. The summed E-state index contributed by atoms with van der Waals surface area (Å²) in [6.07, 6.45) is 1.67. The summed E-state index contributed by atoms with van der Waals surface area (Å²) in [5.74, 6) is 0.416. The van der Waals surface area contributed by atoms with E-state index in [9.17, 15) is 9.18 Å². The number of fused-ring (bicyclic) bond motifs is 2. The van der Waals surface area contributed by atoms with Crippen LogP contribution in [0.25, 0.3) is 10.9 Å². The third kappa shape index (κ3) is 3.47. The zero-order chi connectivity index (χ0) is 19.8. The molecular weight excluding hydrogens is 369 g/mol. The van der Waals surface area contributed by atoms with Gasteiger partial charge in [-0.3, -0.25) is 15.1 Å². The van der Waals surface area contributed by atoms with Gasteiger partial charge in [-0.05, 0) is 36.8 Å². The summed E-state index contributed by atoms with van der Waals surface area (Å²) in [6.45, 7) is 0.656. The number of amides is 1. The van der Waals surface area contributed by atoms with Crippen molar-refractivity contribution in [3.8, 4) is 0 Å². The number of pyridine rings is 1. The van der Waals surface area contributed by atoms with E-state index >= 15 is 0 Å². The van der Waals surface area contributed by atoms with E-state index in [2.05, 4.69) is 33.6 Å². The zero-order valence-corrected chi connectivity index (χ0v) is 15.5. The number of hydrogen-bond donors (Lipinski definition) is 1. The van der Waals surface area contributed by atoms with Crippen LogP contribution in [-0.4, -0.2) is 25.7 Å². The Balaban J connectivity index is 1.34. The van der Waals surface area contributed by atoms with Crippen molar-refractivity contribution in [3.05, 3.63) is 83.6 Å². The highest BCUT2D eigenvalue weighted by molar-refractivity contribution is 6.03. The molecule has 0 bridgehead atoms. The van der Waals surface area contributed by atoms with E-state index in [1.54, 1.807) is 6.07 Å². The summed E-state index contributed by atoms with van der Waals surface area (Å²) in [5, 5.41) is 8.21. The lowest BCUT2D eigenvalue weighted by molar-refractivity contribution is 0.102. The minimum Gasteiger partial charge on any atom is -0.289 e. The molecule has 4 aromatic rings. The number of aromatic nitrogens is 4. The first kappa shape index (κ1) is 17.5. The number of nitrogens with zero attached hydrogens (tertiary/aromatic N) is 4. The lowest BCUT2D eigenvalue weighted by Gasteiger charge is -2.22. The number of nitrogens with one attached hydrogen (secondary N) is 1. The van der Waals surface area contributed by atoms with Gasteiger partial charge >= 0.3 is 0 Å². The molecule has 0 radical (unpaired) electrons. The second-order valence-corrected chi connectivity index (χ2v) is 7.16. The molecule has 0 aliphatic carbocycles. The standard InChI is InChI=1S/C22H18FN5O/c23-17-6-3-5-15(12-17)21(29)26-22-25-20-11-9-16(13-28(20)27-22)19-10-8-14-4-1-2-7-18(14)24-19/h1-8,10,12,16H,9,11,13H2,(H,26,27,29). The maximum absolute atomic E-state index is 13.3. The fourth-order valence-corrected chi connectivity index (χ4v) is 3.72. The molecule has 1 aliphatic heterocycles. The average Bonchev–Trinajstić information content (AvgIpc) is 3.14. The van der Waals surface area contributed by atoms with Gasteiger partial charge in [-0.25, -0.2) is 9.07 Å². The van der Waals surface area contributed by atoms with Crippen LogP contribution in [0.3, 0.4) is 0 Å². The van der Waals surface area contributed by atoms with Crippen LogP contribution in [0.4, 0.5) is 10.3 Å². The van der Waals surface area contributed by atoms with Crippen LogP contribution >= 0.6 is 0 Å². The third-order valence-electron chi connectivity index (χ3n) is 5.21. The minimum atomic E-state index is -0.458. The molecule has 2 aromatic carbocycles. The molecule has 0 fully saturated rings. The van der Waals surface area contributed by atoms with Gasteiger partial charge in [0.15, 0.2) is 0 Å². The van der Waals surface area contributed by atoms with Crippen LogP contribution in [0.5, 0.6) is 0 Å². The first-order chi connectivity index (χ1) is 14.2. The van der Waals surface area contributed by atoms with Crippen molar-refractivity contribution in [3.63, 3.8) is 0 Å². The first-order valence-corrected chi connectivity index (χ1v) is 9.52. The van der Waals surface area contributed by atoms with Gasteiger partial charge < -0.3 is 0 Å². The second-order valence-electron chi connectivity index (χ2n) is 7.16. The van der Waals surface area contributed by atoms with Crippen molar-refractivity contribution in [2.45, 2.75) is 25.3 Å². The number of carbonyl (C=O) groups is 1. The largest absolute Gasteiger partial charge is 0.289 e. The second kappa shape index (κ2) is 7.09. The van der Waals surface area contributed by atoms with Crippen LogP contribution in [0.2, 0.25) is 0 Å². The summed E-state index contributed by atoms with van der Waals surface area (Å²) >= 11 is 0. The van der Waals surface area contributed by atoms with E-state index in [0.29, 0.717) is 6.54 Å². The fraction of sp³-hybridized carbons (Fsp3) is 0.182. The average molecular weight is 387 g/mol. The Kier molecular flexibility index (Phi) is 4.27. The molecule has 1 amide bonds. The predicted molar refractivity (Wildman–Crippen MR) is 107 cm³/mol. The Hall–Kier alpha value is -3.61. The van der Waals surface area contributed by atoms with Crippen molar-refractivity contribution < 1.29 is 9.18 Å². The highest BCUT2D eigenvalue weighted by Gasteiger charge is 2.24. The number of benzene rings is 2. The molecule has 0 saturated carbocycles. The van der Waals surface area contributed by atoms with Crippen molar-refractivity contribution in [2.24, 2.45) is 0 Å². The van der Waals surface area contributed by atoms with Gasteiger partial charge in [0, 0.05) is 29.0 Å². The maximum Gasteiger partial charge on any atom is 0.258 e. The van der Waals surface area contributed by atoms with E-state index in [0.717, 1.165) is 35.3 Å². The number of para-hydroxylation sites is 1. The lowest BCUT2D eigenvalue weighted by atomic mass is 9.95. The van der Waals surface area contributed by atoms with Gasteiger partial charge in [0.05, 0.1) is 12.1 Å². The molecule has 1 unspecified atom stereocenters. The van der Waals surface area contributed by atoms with Gasteiger partial charge in [-0.15, -0.1) is 5.10 Å². The molecule has 7 heteroatoms. The topological polar surface area (TPSA) is 72.7 Å². The smallest absolute Gasteiger partial charge is 0.258 e. The summed E-state index contributed by atoms with van der Waals surface area (Å²) < 4.78 is 15.2. The molecule has 5 rings (SSSR count). The molecule has 1 atom stereocenters. The number of aryl methyl sites for hydroxylation is 1. The van der Waals surface area contributed by atoms with E-state index in [4.69, 9.17) is 4.98 Å². The Morgan fingerprint density at radius 3 is 2.86 bits per heavy atom. The van der Waals surface area contributed by atoms with E-state index < -0.39 is 11.7 Å². The molecule has 0 spiro atoms. The van der Waals surface area contributed by atoms with Crippen molar-refractivity contribution in [2.75, 3.05) is 5.32 Å². The molecule has 1 N–H and O–H groups in total. The molecule has 144 valence electrons. The van der Waals surface area contributed by atoms with Crippen LogP contribution in [0.1, 0.15) is 34.2 Å². The van der Waals surface area contributed by atoms with Gasteiger partial charge in [0.25, 0.3) is 5.91 Å². The van der Waals surface area contributed by atoms with Crippen molar-refractivity contribution >= 4 is 22.8 Å². The van der Waals surface area contributed by atoms with E-state index in [1.165, 1.54) is 18.2 Å². The van der Waals surface area contributed by atoms with Crippen LogP contribution in [-0.2, 0) is 13.0 Å². The Morgan fingerprint density at radius 2 is 1.97 bits per heavy atom. The van der Waals surface area contributed by atoms with Crippen LogP contribution in [0, 0.1) is 5.82 Å². The van der Waals surface area contributed by atoms with Gasteiger partial charge in [-0.2, -0.15) is 4.98 Å². The highest BCUT2D eigenvalue weighted by Crippen LogP contribution is 2.28. The lowest BCUT2D eigenvalue weighted by Crippen LogP contribution is -2.20. The van der Waals surface area contributed by atoms with Gasteiger partial charge in [0.1, 0.15) is 11.6 Å². The first-order valence-electron chi connectivity index (χ1n) is 9.52. The summed E-state index contributed by atoms with van der Waals surface area (Å²) in [6, 6.07) is 17.8. The summed E-state index contributed by atoms with van der Waals surface area (Å²) in [4.78, 5) is 21.5. The van der Waals surface area contributed by atoms with Crippen molar-refractivity contribution in [1.82, 2.24) is 19.7 Å². The molecular formula is C22H18FN5O. The number of anilines is 1. The number of carbonyl (C=O) groups excluding carboxylic acids is 1. The normalized spacial score (nSPS) is 15.8. The number of rotatable bonds is 3. The molecule has 6 nitrogen and oxygen atoms in total. The number of halogens is 1. The maximum atomic E-state index is 13.3. The minimum absolute atomic E-state index is 0.232. The number of hydrogen-bond acceptors (Lipinski definition) is 4. The van der Waals surface area contributed by atoms with E-state index in [1.807, 2.05) is 22.9 Å².